The standard InChI is InChI=1S/C13H22N2O2/c1-10-8-13(17-5)11(9-12(10)16-4)15(3)7-6-14-2/h8-9,14H,6-7H2,1-5H3. The molecule has 0 aromatic heterocycles. The van der Waals surface area contributed by atoms with Gasteiger partial charge in [-0.15, -0.1) is 0 Å². The van der Waals surface area contributed by atoms with E-state index in [0.29, 0.717) is 0 Å². The summed E-state index contributed by atoms with van der Waals surface area (Å²) in [5.41, 5.74) is 2.13. The highest BCUT2D eigenvalue weighted by Gasteiger charge is 2.11. The van der Waals surface area contributed by atoms with Gasteiger partial charge in [0.2, 0.25) is 0 Å². The van der Waals surface area contributed by atoms with Crippen LogP contribution in [0.1, 0.15) is 5.56 Å². The largest absolute Gasteiger partial charge is 0.496 e. The number of methoxy groups -OCH3 is 2. The van der Waals surface area contributed by atoms with E-state index in [1.165, 1.54) is 0 Å². The van der Waals surface area contributed by atoms with E-state index in [9.17, 15) is 0 Å². The maximum atomic E-state index is 5.41. The summed E-state index contributed by atoms with van der Waals surface area (Å²) in [6.07, 6.45) is 0. The average Bonchev–Trinajstić information content (AvgIpc) is 2.35. The molecule has 0 bridgehead atoms. The number of likely N-dealkylation sites (N-methyl/N-ethyl adjacent to an activating group) is 2. The first-order valence-corrected chi connectivity index (χ1v) is 5.72. The van der Waals surface area contributed by atoms with Gasteiger partial charge in [-0.3, -0.25) is 0 Å². The Kier molecular flexibility index (Phi) is 5.10. The predicted molar refractivity (Wildman–Crippen MR) is 71.5 cm³/mol. The molecule has 0 heterocycles. The summed E-state index contributed by atoms with van der Waals surface area (Å²) in [6.45, 7) is 3.85. The zero-order valence-electron chi connectivity index (χ0n) is 11.3. The Hall–Kier alpha value is -1.42. The van der Waals surface area contributed by atoms with Gasteiger partial charge in [0.05, 0.1) is 19.9 Å². The molecule has 1 aromatic rings. The van der Waals surface area contributed by atoms with Crippen molar-refractivity contribution in [3.63, 3.8) is 0 Å². The number of nitrogens with zero attached hydrogens (tertiary/aromatic N) is 1. The molecule has 0 saturated carbocycles. The normalized spacial score (nSPS) is 10.2. The lowest BCUT2D eigenvalue weighted by Gasteiger charge is -2.23. The minimum absolute atomic E-state index is 0.877. The van der Waals surface area contributed by atoms with Gasteiger partial charge < -0.3 is 19.7 Å². The summed E-state index contributed by atoms with van der Waals surface area (Å²) in [5, 5.41) is 3.13. The Morgan fingerprint density at radius 2 is 1.82 bits per heavy atom. The molecule has 4 heteroatoms. The fraction of sp³-hybridized carbons (Fsp3) is 0.538. The SMILES string of the molecule is CNCCN(C)c1cc(OC)c(C)cc1OC. The first kappa shape index (κ1) is 13.6. The van der Waals surface area contributed by atoms with Crippen LogP contribution in [-0.4, -0.2) is 41.4 Å². The van der Waals surface area contributed by atoms with E-state index < -0.39 is 0 Å². The molecule has 0 unspecified atom stereocenters. The lowest BCUT2D eigenvalue weighted by Crippen LogP contribution is -2.27. The Morgan fingerprint density at radius 1 is 1.18 bits per heavy atom. The number of anilines is 1. The quantitative estimate of drug-likeness (QED) is 0.817. The van der Waals surface area contributed by atoms with Crippen molar-refractivity contribution < 1.29 is 9.47 Å². The third-order valence-corrected chi connectivity index (χ3v) is 2.80. The molecule has 0 aliphatic carbocycles. The molecule has 96 valence electrons. The Balaban J connectivity index is 3.02. The number of nitrogens with one attached hydrogen (secondary N) is 1. The third kappa shape index (κ3) is 3.27. The topological polar surface area (TPSA) is 33.7 Å². The van der Waals surface area contributed by atoms with Crippen molar-refractivity contribution in [2.45, 2.75) is 6.92 Å². The molecule has 0 fully saturated rings. The van der Waals surface area contributed by atoms with Gasteiger partial charge in [0.25, 0.3) is 0 Å². The van der Waals surface area contributed by atoms with Gasteiger partial charge in [0.15, 0.2) is 0 Å². The Labute approximate surface area is 104 Å². The van der Waals surface area contributed by atoms with Crippen LogP contribution < -0.4 is 19.7 Å². The van der Waals surface area contributed by atoms with Crippen molar-refractivity contribution in [1.29, 1.82) is 0 Å². The molecule has 17 heavy (non-hydrogen) atoms. The molecule has 0 spiro atoms. The summed E-state index contributed by atoms with van der Waals surface area (Å²) in [4.78, 5) is 2.15. The average molecular weight is 238 g/mol. The highest BCUT2D eigenvalue weighted by atomic mass is 16.5. The molecule has 0 amide bonds. The number of rotatable bonds is 6. The summed E-state index contributed by atoms with van der Waals surface area (Å²) in [7, 11) is 7.37. The van der Waals surface area contributed by atoms with E-state index in [1.807, 2.05) is 33.2 Å². The number of aryl methyl sites for hydroxylation is 1. The molecule has 4 nitrogen and oxygen atoms in total. The van der Waals surface area contributed by atoms with Crippen LogP contribution in [-0.2, 0) is 0 Å². The first-order valence-electron chi connectivity index (χ1n) is 5.72. The minimum Gasteiger partial charge on any atom is -0.496 e. The van der Waals surface area contributed by atoms with Gasteiger partial charge in [0, 0.05) is 26.2 Å². The summed E-state index contributed by atoms with van der Waals surface area (Å²) < 4.78 is 10.8. The fourth-order valence-electron chi connectivity index (χ4n) is 1.73. The highest BCUT2D eigenvalue weighted by molar-refractivity contribution is 5.63. The van der Waals surface area contributed by atoms with Crippen LogP contribution in [0.4, 0.5) is 5.69 Å². The summed E-state index contributed by atoms with van der Waals surface area (Å²) in [5.74, 6) is 1.76. The van der Waals surface area contributed by atoms with Crippen LogP contribution in [0.25, 0.3) is 0 Å². The van der Waals surface area contributed by atoms with Gasteiger partial charge in [-0.05, 0) is 25.6 Å². The van der Waals surface area contributed by atoms with E-state index in [-0.39, 0.29) is 0 Å². The van der Waals surface area contributed by atoms with Crippen LogP contribution in [0.2, 0.25) is 0 Å². The zero-order chi connectivity index (χ0) is 12.8. The molecule has 0 saturated heterocycles. The Morgan fingerprint density at radius 3 is 2.35 bits per heavy atom. The molecule has 1 aromatic carbocycles. The lowest BCUT2D eigenvalue weighted by molar-refractivity contribution is 0.400. The fourth-order valence-corrected chi connectivity index (χ4v) is 1.73. The third-order valence-electron chi connectivity index (χ3n) is 2.80. The summed E-state index contributed by atoms with van der Waals surface area (Å²) >= 11 is 0. The predicted octanol–water partition coefficient (Wildman–Crippen LogP) is 1.67. The second kappa shape index (κ2) is 6.35. The van der Waals surface area contributed by atoms with Crippen LogP contribution in [0.3, 0.4) is 0 Å². The van der Waals surface area contributed by atoms with Crippen LogP contribution in [0.15, 0.2) is 12.1 Å². The molecular formula is C13H22N2O2. The summed E-state index contributed by atoms with van der Waals surface area (Å²) in [6, 6.07) is 4.02. The first-order chi connectivity index (χ1) is 8.13. The van der Waals surface area contributed by atoms with E-state index in [1.54, 1.807) is 14.2 Å². The molecular weight excluding hydrogens is 216 g/mol. The maximum absolute atomic E-state index is 5.41. The second-order valence-electron chi connectivity index (χ2n) is 4.02. The smallest absolute Gasteiger partial charge is 0.142 e. The molecule has 0 aliphatic heterocycles. The van der Waals surface area contributed by atoms with Crippen LogP contribution >= 0.6 is 0 Å². The molecule has 0 aliphatic rings. The van der Waals surface area contributed by atoms with E-state index in [0.717, 1.165) is 35.8 Å². The molecule has 1 N–H and O–H groups in total. The van der Waals surface area contributed by atoms with E-state index >= 15 is 0 Å². The monoisotopic (exact) mass is 238 g/mol. The van der Waals surface area contributed by atoms with E-state index in [4.69, 9.17) is 9.47 Å². The van der Waals surface area contributed by atoms with Gasteiger partial charge in [-0.1, -0.05) is 0 Å². The van der Waals surface area contributed by atoms with Crippen molar-refractivity contribution in [1.82, 2.24) is 5.32 Å². The minimum atomic E-state index is 0.877. The van der Waals surface area contributed by atoms with Gasteiger partial charge >= 0.3 is 0 Å². The Bertz CT molecular complexity index is 367. The van der Waals surface area contributed by atoms with Crippen molar-refractivity contribution in [2.24, 2.45) is 0 Å². The van der Waals surface area contributed by atoms with Crippen molar-refractivity contribution in [3.05, 3.63) is 17.7 Å². The van der Waals surface area contributed by atoms with Crippen LogP contribution in [0.5, 0.6) is 11.5 Å². The van der Waals surface area contributed by atoms with Crippen molar-refractivity contribution in [2.75, 3.05) is 46.3 Å². The number of benzene rings is 1. The number of hydrogen-bond donors (Lipinski definition) is 1. The molecule has 0 radical (unpaired) electrons. The van der Waals surface area contributed by atoms with Gasteiger partial charge in [0.1, 0.15) is 11.5 Å². The molecule has 0 atom stereocenters. The number of ether oxygens (including phenoxy) is 2. The van der Waals surface area contributed by atoms with Crippen LogP contribution in [0, 0.1) is 6.92 Å². The van der Waals surface area contributed by atoms with E-state index in [2.05, 4.69) is 10.2 Å². The maximum Gasteiger partial charge on any atom is 0.142 e. The highest BCUT2D eigenvalue weighted by Crippen LogP contribution is 2.34. The number of hydrogen-bond acceptors (Lipinski definition) is 4. The van der Waals surface area contributed by atoms with Gasteiger partial charge in [-0.2, -0.15) is 0 Å². The van der Waals surface area contributed by atoms with Crippen molar-refractivity contribution in [3.8, 4) is 11.5 Å². The molecule has 1 rings (SSSR count). The van der Waals surface area contributed by atoms with Gasteiger partial charge in [-0.25, -0.2) is 0 Å². The lowest BCUT2D eigenvalue weighted by atomic mass is 10.1. The second-order valence-corrected chi connectivity index (χ2v) is 4.02. The zero-order valence-corrected chi connectivity index (χ0v) is 11.3. The van der Waals surface area contributed by atoms with Crippen molar-refractivity contribution >= 4 is 5.69 Å².